The molecule has 1 amide bonds. The molecule has 0 N–H and O–H groups in total. The number of fused-ring (bicyclic) bond motifs is 2. The van der Waals surface area contributed by atoms with Crippen molar-refractivity contribution in [2.75, 3.05) is 10.7 Å². The lowest BCUT2D eigenvalue weighted by Crippen LogP contribution is -2.30. The van der Waals surface area contributed by atoms with Crippen molar-refractivity contribution in [1.82, 2.24) is 14.8 Å². The lowest BCUT2D eigenvalue weighted by atomic mass is 10.2. The zero-order valence-corrected chi connectivity index (χ0v) is 18.2. The Labute approximate surface area is 186 Å². The second-order valence-corrected chi connectivity index (χ2v) is 9.00. The Hall–Kier alpha value is -2.68. The van der Waals surface area contributed by atoms with Crippen LogP contribution in [0.3, 0.4) is 0 Å². The minimum atomic E-state index is -0.0567. The summed E-state index contributed by atoms with van der Waals surface area (Å²) in [4.78, 5) is 17.1. The Kier molecular flexibility index (Phi) is 5.06. The molecule has 150 valence electrons. The zero-order chi connectivity index (χ0) is 20.7. The number of hydrogen-bond acceptors (Lipinski definition) is 6. The standard InChI is InChI=1S/C21H15ClN4O2S2/c1-25-20(16-6-4-10-28-16)23-24-21(25)29-12-19(27)26-14-5-2-3-7-17(14)30-18-9-8-13(22)11-15(18)26/h2-11H,12H2,1H3. The normalized spacial score (nSPS) is 12.5. The quantitative estimate of drug-likeness (QED) is 0.371. The molecule has 3 heterocycles. The molecule has 0 atom stereocenters. The number of benzene rings is 2. The minimum Gasteiger partial charge on any atom is -0.461 e. The summed E-state index contributed by atoms with van der Waals surface area (Å²) in [5.41, 5.74) is 1.66. The molecule has 4 aromatic rings. The Morgan fingerprint density at radius 1 is 1.10 bits per heavy atom. The van der Waals surface area contributed by atoms with Gasteiger partial charge >= 0.3 is 0 Å². The van der Waals surface area contributed by atoms with Gasteiger partial charge in [-0.3, -0.25) is 9.69 Å². The molecule has 30 heavy (non-hydrogen) atoms. The summed E-state index contributed by atoms with van der Waals surface area (Å²) in [6.45, 7) is 0. The van der Waals surface area contributed by atoms with Crippen LogP contribution >= 0.6 is 35.1 Å². The van der Waals surface area contributed by atoms with Gasteiger partial charge in [-0.2, -0.15) is 0 Å². The van der Waals surface area contributed by atoms with Gasteiger partial charge in [-0.25, -0.2) is 0 Å². The van der Waals surface area contributed by atoms with Crippen LogP contribution in [0.1, 0.15) is 0 Å². The number of carbonyl (C=O) groups is 1. The van der Waals surface area contributed by atoms with Crippen LogP contribution in [-0.4, -0.2) is 26.4 Å². The molecule has 6 nitrogen and oxygen atoms in total. The number of halogens is 1. The smallest absolute Gasteiger partial charge is 0.242 e. The third-order valence-electron chi connectivity index (χ3n) is 4.64. The topological polar surface area (TPSA) is 64.2 Å². The Morgan fingerprint density at radius 3 is 2.77 bits per heavy atom. The minimum absolute atomic E-state index is 0.0567. The van der Waals surface area contributed by atoms with Crippen molar-refractivity contribution in [1.29, 1.82) is 0 Å². The van der Waals surface area contributed by atoms with Gasteiger partial charge in [0.05, 0.1) is 23.4 Å². The SMILES string of the molecule is Cn1c(SCC(=O)N2c3ccccc3Sc3ccc(Cl)cc32)nnc1-c1ccco1. The molecule has 9 heteroatoms. The van der Waals surface area contributed by atoms with E-state index in [-0.39, 0.29) is 11.7 Å². The van der Waals surface area contributed by atoms with Crippen LogP contribution in [0.2, 0.25) is 5.02 Å². The van der Waals surface area contributed by atoms with Gasteiger partial charge in [0.1, 0.15) is 0 Å². The lowest BCUT2D eigenvalue weighted by molar-refractivity contribution is -0.115. The van der Waals surface area contributed by atoms with Gasteiger partial charge in [0, 0.05) is 21.9 Å². The van der Waals surface area contributed by atoms with E-state index < -0.39 is 0 Å². The fourth-order valence-corrected chi connectivity index (χ4v) is 5.21. The van der Waals surface area contributed by atoms with Crippen LogP contribution in [0, 0.1) is 0 Å². The van der Waals surface area contributed by atoms with Crippen LogP contribution in [0.25, 0.3) is 11.6 Å². The van der Waals surface area contributed by atoms with Crippen LogP contribution in [0.4, 0.5) is 11.4 Å². The molecule has 2 aromatic heterocycles. The molecule has 2 aromatic carbocycles. The summed E-state index contributed by atoms with van der Waals surface area (Å²) in [7, 11) is 1.85. The predicted molar refractivity (Wildman–Crippen MR) is 119 cm³/mol. The Morgan fingerprint density at radius 2 is 1.93 bits per heavy atom. The van der Waals surface area contributed by atoms with E-state index in [1.807, 2.05) is 60.1 Å². The van der Waals surface area contributed by atoms with E-state index in [0.29, 0.717) is 21.8 Å². The van der Waals surface area contributed by atoms with Crippen LogP contribution in [-0.2, 0) is 11.8 Å². The maximum absolute atomic E-state index is 13.3. The van der Waals surface area contributed by atoms with Crippen molar-refractivity contribution in [2.45, 2.75) is 14.9 Å². The number of para-hydroxylation sites is 1. The number of rotatable bonds is 4. The van der Waals surface area contributed by atoms with Crippen molar-refractivity contribution in [3.05, 3.63) is 65.9 Å². The molecule has 1 aliphatic heterocycles. The summed E-state index contributed by atoms with van der Waals surface area (Å²) in [6.07, 6.45) is 1.59. The number of nitrogens with zero attached hydrogens (tertiary/aromatic N) is 4. The van der Waals surface area contributed by atoms with Gasteiger partial charge in [-0.1, -0.05) is 47.3 Å². The summed E-state index contributed by atoms with van der Waals surface area (Å²) >= 11 is 9.21. The largest absolute Gasteiger partial charge is 0.461 e. The van der Waals surface area contributed by atoms with Crippen LogP contribution in [0.15, 0.2) is 80.2 Å². The second-order valence-electron chi connectivity index (χ2n) is 6.54. The summed E-state index contributed by atoms with van der Waals surface area (Å²) in [5.74, 6) is 1.40. The molecule has 0 fully saturated rings. The molecule has 5 rings (SSSR count). The van der Waals surface area contributed by atoms with Gasteiger partial charge in [0.15, 0.2) is 16.7 Å². The lowest BCUT2D eigenvalue weighted by Gasteiger charge is -2.31. The molecule has 0 spiro atoms. The van der Waals surface area contributed by atoms with E-state index in [4.69, 9.17) is 16.0 Å². The number of furan rings is 1. The summed E-state index contributed by atoms with van der Waals surface area (Å²) in [6, 6.07) is 17.1. The number of thioether (sulfide) groups is 1. The first-order valence-electron chi connectivity index (χ1n) is 9.07. The van der Waals surface area contributed by atoms with Crippen molar-refractivity contribution < 1.29 is 9.21 Å². The van der Waals surface area contributed by atoms with E-state index in [0.717, 1.165) is 21.2 Å². The maximum Gasteiger partial charge on any atom is 0.242 e. The van der Waals surface area contributed by atoms with Gasteiger partial charge in [0.25, 0.3) is 0 Å². The molecular formula is C21H15ClN4O2S2. The molecule has 1 aliphatic rings. The third kappa shape index (κ3) is 3.40. The van der Waals surface area contributed by atoms with Crippen molar-refractivity contribution in [2.24, 2.45) is 7.05 Å². The number of anilines is 2. The maximum atomic E-state index is 13.3. The predicted octanol–water partition coefficient (Wildman–Crippen LogP) is 5.65. The van der Waals surface area contributed by atoms with Gasteiger partial charge in [0.2, 0.25) is 5.91 Å². The van der Waals surface area contributed by atoms with Crippen molar-refractivity contribution >= 4 is 52.4 Å². The highest BCUT2D eigenvalue weighted by Gasteiger charge is 2.28. The first-order valence-corrected chi connectivity index (χ1v) is 11.3. The molecule has 0 unspecified atom stereocenters. The summed E-state index contributed by atoms with van der Waals surface area (Å²) < 4.78 is 7.22. The van der Waals surface area contributed by atoms with Crippen LogP contribution < -0.4 is 4.90 Å². The highest BCUT2D eigenvalue weighted by Crippen LogP contribution is 2.49. The molecule has 0 bridgehead atoms. The van der Waals surface area contributed by atoms with Crippen molar-refractivity contribution in [3.8, 4) is 11.6 Å². The van der Waals surface area contributed by atoms with E-state index in [1.165, 1.54) is 11.8 Å². The highest BCUT2D eigenvalue weighted by molar-refractivity contribution is 8.00. The monoisotopic (exact) mass is 454 g/mol. The Bertz CT molecular complexity index is 1240. The van der Waals surface area contributed by atoms with E-state index in [1.54, 1.807) is 29.0 Å². The Balaban J connectivity index is 1.43. The third-order valence-corrected chi connectivity index (χ3v) is 7.01. The number of carbonyl (C=O) groups excluding carboxylic acids is 1. The fourth-order valence-electron chi connectivity index (χ4n) is 3.25. The second kappa shape index (κ2) is 7.86. The summed E-state index contributed by atoms with van der Waals surface area (Å²) in [5, 5.41) is 9.63. The number of aromatic nitrogens is 3. The first kappa shape index (κ1) is 19.3. The molecule has 0 radical (unpaired) electrons. The van der Waals surface area contributed by atoms with Gasteiger partial charge in [-0.05, 0) is 42.5 Å². The highest BCUT2D eigenvalue weighted by atomic mass is 35.5. The fraction of sp³-hybridized carbons (Fsp3) is 0.0952. The molecule has 0 saturated heterocycles. The molecular weight excluding hydrogens is 440 g/mol. The average molecular weight is 455 g/mol. The van der Waals surface area contributed by atoms with E-state index in [9.17, 15) is 4.79 Å². The van der Waals surface area contributed by atoms with Crippen molar-refractivity contribution in [3.63, 3.8) is 0 Å². The molecule has 0 saturated carbocycles. The van der Waals surface area contributed by atoms with Gasteiger partial charge < -0.3 is 8.98 Å². The number of amides is 1. The number of hydrogen-bond donors (Lipinski definition) is 0. The van der Waals surface area contributed by atoms with Crippen LogP contribution in [0.5, 0.6) is 0 Å². The van der Waals surface area contributed by atoms with E-state index in [2.05, 4.69) is 10.2 Å². The average Bonchev–Trinajstić information content (AvgIpc) is 3.40. The van der Waals surface area contributed by atoms with Gasteiger partial charge in [-0.15, -0.1) is 10.2 Å². The first-order chi connectivity index (χ1) is 14.6. The van der Waals surface area contributed by atoms with E-state index >= 15 is 0 Å². The zero-order valence-electron chi connectivity index (χ0n) is 15.8. The molecule has 0 aliphatic carbocycles.